The Morgan fingerprint density at radius 2 is 1.81 bits per heavy atom. The van der Waals surface area contributed by atoms with Gasteiger partial charge in [0, 0.05) is 16.7 Å². The molecule has 0 aliphatic carbocycles. The maximum Gasteiger partial charge on any atom is 0.338 e. The minimum Gasteiger partial charge on any atom is -0.493 e. The molecule has 0 bridgehead atoms. The topological polar surface area (TPSA) is 74.2 Å². The zero-order chi connectivity index (χ0) is 19.8. The van der Waals surface area contributed by atoms with E-state index >= 15 is 0 Å². The second-order valence-electron chi connectivity index (χ2n) is 6.73. The molecule has 2 aromatic rings. The smallest absolute Gasteiger partial charge is 0.338 e. The lowest BCUT2D eigenvalue weighted by Gasteiger charge is -2.41. The third-order valence-electron chi connectivity index (χ3n) is 4.49. The number of carbonyl (C=O) groups excluding carboxylic acids is 1. The van der Waals surface area contributed by atoms with Gasteiger partial charge in [-0.05, 0) is 38.1 Å². The minimum atomic E-state index is -1.09. The summed E-state index contributed by atoms with van der Waals surface area (Å²) in [5.74, 6) is 0.769. The first-order chi connectivity index (χ1) is 12.8. The molecule has 1 heterocycles. The normalized spacial score (nSPS) is 20.2. The monoisotopic (exact) mass is 392 g/mol. The molecule has 6 nitrogen and oxygen atoms in total. The Morgan fingerprint density at radius 3 is 2.44 bits per heavy atom. The van der Waals surface area contributed by atoms with Gasteiger partial charge < -0.3 is 24.1 Å². The summed E-state index contributed by atoms with van der Waals surface area (Å²) in [5.41, 5.74) is -0.192. The largest absolute Gasteiger partial charge is 0.493 e. The Morgan fingerprint density at radius 1 is 1.15 bits per heavy atom. The number of esters is 1. The Kier molecular flexibility index (Phi) is 5.22. The van der Waals surface area contributed by atoms with Crippen molar-refractivity contribution in [1.29, 1.82) is 0 Å². The van der Waals surface area contributed by atoms with E-state index in [1.807, 2.05) is 0 Å². The van der Waals surface area contributed by atoms with Gasteiger partial charge in [-0.1, -0.05) is 17.7 Å². The summed E-state index contributed by atoms with van der Waals surface area (Å²) in [7, 11) is 3.02. The van der Waals surface area contributed by atoms with Crippen molar-refractivity contribution < 1.29 is 28.8 Å². The molecule has 1 aliphatic rings. The third kappa shape index (κ3) is 3.68. The number of aliphatic hydroxyl groups excluding tert-OH is 1. The molecule has 0 fully saturated rings. The van der Waals surface area contributed by atoms with Crippen LogP contribution < -0.4 is 14.2 Å². The number of hydrogen-bond acceptors (Lipinski definition) is 6. The van der Waals surface area contributed by atoms with Crippen LogP contribution >= 0.6 is 11.6 Å². The van der Waals surface area contributed by atoms with E-state index in [2.05, 4.69) is 0 Å². The highest BCUT2D eigenvalue weighted by atomic mass is 35.5. The van der Waals surface area contributed by atoms with Gasteiger partial charge in [0.05, 0.1) is 19.8 Å². The Hall–Kier alpha value is -2.44. The number of carbonyl (C=O) groups is 1. The predicted molar refractivity (Wildman–Crippen MR) is 99.9 cm³/mol. The standard InChI is InChI=1S/C20H21ClO6/c1-20(2)18(22)17(26-19(23)11-6-5-7-12(21)8-11)13-9-15(24-3)16(25-4)10-14(13)27-20/h5-10,17-18,22H,1-4H3. The number of fused-ring (bicyclic) bond motifs is 1. The zero-order valence-corrected chi connectivity index (χ0v) is 16.2. The van der Waals surface area contributed by atoms with Crippen LogP contribution in [0.4, 0.5) is 0 Å². The van der Waals surface area contributed by atoms with Crippen LogP contribution in [0.2, 0.25) is 5.02 Å². The fourth-order valence-corrected chi connectivity index (χ4v) is 3.18. The fraction of sp³-hybridized carbons (Fsp3) is 0.350. The van der Waals surface area contributed by atoms with Crippen molar-refractivity contribution in [3.05, 3.63) is 52.5 Å². The second kappa shape index (κ2) is 7.29. The fourth-order valence-electron chi connectivity index (χ4n) is 2.99. The lowest BCUT2D eigenvalue weighted by molar-refractivity contribution is -0.116. The van der Waals surface area contributed by atoms with Crippen molar-refractivity contribution >= 4 is 17.6 Å². The summed E-state index contributed by atoms with van der Waals surface area (Å²) in [6.07, 6.45) is -2.04. The maximum absolute atomic E-state index is 12.6. The first-order valence-corrected chi connectivity index (χ1v) is 8.74. The number of rotatable bonds is 4. The van der Waals surface area contributed by atoms with Crippen molar-refractivity contribution in [3.8, 4) is 17.2 Å². The van der Waals surface area contributed by atoms with E-state index in [1.54, 1.807) is 44.2 Å². The van der Waals surface area contributed by atoms with Crippen molar-refractivity contribution in [2.24, 2.45) is 0 Å². The van der Waals surface area contributed by atoms with Gasteiger partial charge in [0.15, 0.2) is 17.6 Å². The van der Waals surface area contributed by atoms with Crippen LogP contribution in [-0.2, 0) is 4.74 Å². The van der Waals surface area contributed by atoms with Gasteiger partial charge in [0.1, 0.15) is 17.5 Å². The SMILES string of the molecule is COc1cc2c(cc1OC)C(OC(=O)c1cccc(Cl)c1)C(O)C(C)(C)O2. The van der Waals surface area contributed by atoms with Crippen molar-refractivity contribution in [2.75, 3.05) is 14.2 Å². The molecule has 0 saturated heterocycles. The minimum absolute atomic E-state index is 0.293. The molecule has 3 rings (SSSR count). The number of benzene rings is 2. The van der Waals surface area contributed by atoms with Crippen molar-refractivity contribution in [2.45, 2.75) is 31.7 Å². The number of halogens is 1. The lowest BCUT2D eigenvalue weighted by atomic mass is 9.88. The molecule has 7 heteroatoms. The Labute approximate surface area is 162 Å². The summed E-state index contributed by atoms with van der Waals surface area (Å²) in [6, 6.07) is 9.73. The Balaban J connectivity index is 2.02. The van der Waals surface area contributed by atoms with E-state index in [1.165, 1.54) is 20.3 Å². The molecule has 27 heavy (non-hydrogen) atoms. The molecule has 2 unspecified atom stereocenters. The quantitative estimate of drug-likeness (QED) is 0.798. The summed E-state index contributed by atoms with van der Waals surface area (Å²) in [5, 5.41) is 11.2. The van der Waals surface area contributed by atoms with Gasteiger partial charge in [-0.3, -0.25) is 0 Å². The molecular weight excluding hydrogens is 372 g/mol. The summed E-state index contributed by atoms with van der Waals surface area (Å²) in [4.78, 5) is 12.6. The second-order valence-corrected chi connectivity index (χ2v) is 7.17. The molecule has 0 radical (unpaired) electrons. The van der Waals surface area contributed by atoms with E-state index in [0.717, 1.165) is 0 Å². The predicted octanol–water partition coefficient (Wildman–Crippen LogP) is 3.79. The molecule has 0 aromatic heterocycles. The average Bonchev–Trinajstić information content (AvgIpc) is 2.64. The van der Waals surface area contributed by atoms with Gasteiger partial charge in [0.25, 0.3) is 0 Å². The van der Waals surface area contributed by atoms with E-state index < -0.39 is 23.8 Å². The van der Waals surface area contributed by atoms with Gasteiger partial charge in [-0.25, -0.2) is 4.79 Å². The van der Waals surface area contributed by atoms with Gasteiger partial charge in [-0.2, -0.15) is 0 Å². The average molecular weight is 393 g/mol. The van der Waals surface area contributed by atoms with Crippen LogP contribution in [0.1, 0.15) is 35.9 Å². The van der Waals surface area contributed by atoms with E-state index in [4.69, 9.17) is 30.5 Å². The van der Waals surface area contributed by atoms with E-state index in [9.17, 15) is 9.90 Å². The highest BCUT2D eigenvalue weighted by Gasteiger charge is 2.45. The summed E-state index contributed by atoms with van der Waals surface area (Å²) in [6.45, 7) is 3.44. The summed E-state index contributed by atoms with van der Waals surface area (Å²) < 4.78 is 22.2. The van der Waals surface area contributed by atoms with Gasteiger partial charge >= 0.3 is 5.97 Å². The molecule has 0 spiro atoms. The highest BCUT2D eigenvalue weighted by Crippen LogP contribution is 2.46. The van der Waals surface area contributed by atoms with Crippen molar-refractivity contribution in [1.82, 2.24) is 0 Å². The zero-order valence-electron chi connectivity index (χ0n) is 15.5. The lowest BCUT2D eigenvalue weighted by Crippen LogP contribution is -2.49. The molecular formula is C20H21ClO6. The van der Waals surface area contributed by atoms with Crippen LogP contribution in [0.3, 0.4) is 0 Å². The first-order valence-electron chi connectivity index (χ1n) is 8.36. The molecule has 1 N–H and O–H groups in total. The van der Waals surface area contributed by atoms with Crippen LogP contribution in [0.5, 0.6) is 17.2 Å². The molecule has 2 aromatic carbocycles. The molecule has 1 aliphatic heterocycles. The molecule has 144 valence electrons. The van der Waals surface area contributed by atoms with Crippen LogP contribution in [0.15, 0.2) is 36.4 Å². The number of hydrogen-bond donors (Lipinski definition) is 1. The van der Waals surface area contributed by atoms with Crippen molar-refractivity contribution in [3.63, 3.8) is 0 Å². The van der Waals surface area contributed by atoms with Gasteiger partial charge in [0.2, 0.25) is 0 Å². The third-order valence-corrected chi connectivity index (χ3v) is 4.72. The highest BCUT2D eigenvalue weighted by molar-refractivity contribution is 6.30. The number of ether oxygens (including phenoxy) is 4. The molecule has 0 amide bonds. The van der Waals surface area contributed by atoms with E-state index in [-0.39, 0.29) is 0 Å². The first kappa shape index (κ1) is 19.3. The Bertz CT molecular complexity index is 864. The number of methoxy groups -OCH3 is 2. The molecule has 2 atom stereocenters. The molecule has 0 saturated carbocycles. The van der Waals surface area contributed by atoms with E-state index in [0.29, 0.717) is 33.4 Å². The van der Waals surface area contributed by atoms with Crippen LogP contribution in [-0.4, -0.2) is 37.0 Å². The number of aliphatic hydroxyl groups is 1. The van der Waals surface area contributed by atoms with Crippen LogP contribution in [0, 0.1) is 0 Å². The van der Waals surface area contributed by atoms with Crippen LogP contribution in [0.25, 0.3) is 0 Å². The van der Waals surface area contributed by atoms with Gasteiger partial charge in [-0.15, -0.1) is 0 Å². The maximum atomic E-state index is 12.6. The summed E-state index contributed by atoms with van der Waals surface area (Å²) >= 11 is 5.95.